The lowest BCUT2D eigenvalue weighted by Gasteiger charge is -2.26. The Labute approximate surface area is 145 Å². The zero-order chi connectivity index (χ0) is 17.3. The zero-order valence-corrected chi connectivity index (χ0v) is 14.2. The van der Waals surface area contributed by atoms with Crippen molar-refractivity contribution in [3.05, 3.63) is 53.1 Å². The van der Waals surface area contributed by atoms with Gasteiger partial charge in [0.1, 0.15) is 0 Å². The van der Waals surface area contributed by atoms with E-state index in [9.17, 15) is 9.59 Å². The molecule has 2 N–H and O–H groups in total. The van der Waals surface area contributed by atoms with Crippen LogP contribution >= 0.6 is 11.6 Å². The number of anilines is 3. The molecule has 0 aromatic heterocycles. The highest BCUT2D eigenvalue weighted by Gasteiger charge is 2.30. The summed E-state index contributed by atoms with van der Waals surface area (Å²) < 4.78 is 0. The fourth-order valence-electron chi connectivity index (χ4n) is 2.86. The highest BCUT2D eigenvalue weighted by atomic mass is 35.5. The van der Waals surface area contributed by atoms with Crippen LogP contribution in [-0.2, 0) is 9.59 Å². The summed E-state index contributed by atoms with van der Waals surface area (Å²) in [7, 11) is 3.78. The quantitative estimate of drug-likeness (QED) is 0.897. The highest BCUT2D eigenvalue weighted by Crippen LogP contribution is 2.34. The number of nitrogens with zero attached hydrogens (tertiary/aromatic N) is 1. The SMILES string of the molecule is CN(C)c1ccc(Cl)cc1NC(=O)C1CC(=O)Nc2ccccc21. The van der Waals surface area contributed by atoms with Crippen molar-refractivity contribution in [3.8, 4) is 0 Å². The summed E-state index contributed by atoms with van der Waals surface area (Å²) >= 11 is 6.06. The van der Waals surface area contributed by atoms with Gasteiger partial charge in [-0.25, -0.2) is 0 Å². The fraction of sp³-hybridized carbons (Fsp3) is 0.222. The van der Waals surface area contributed by atoms with Crippen LogP contribution in [0.5, 0.6) is 0 Å². The first kappa shape index (κ1) is 16.3. The minimum absolute atomic E-state index is 0.126. The van der Waals surface area contributed by atoms with Gasteiger partial charge in [-0.1, -0.05) is 29.8 Å². The van der Waals surface area contributed by atoms with Crippen LogP contribution in [0, 0.1) is 0 Å². The first-order valence-electron chi connectivity index (χ1n) is 7.62. The molecule has 0 saturated carbocycles. The predicted molar refractivity (Wildman–Crippen MR) is 96.8 cm³/mol. The summed E-state index contributed by atoms with van der Waals surface area (Å²) in [5, 5.41) is 6.26. The fourth-order valence-corrected chi connectivity index (χ4v) is 3.04. The summed E-state index contributed by atoms with van der Waals surface area (Å²) in [6, 6.07) is 12.7. The molecule has 1 unspecified atom stereocenters. The lowest BCUT2D eigenvalue weighted by Crippen LogP contribution is -2.31. The summed E-state index contributed by atoms with van der Waals surface area (Å²) in [6.07, 6.45) is 0.126. The molecule has 0 saturated heterocycles. The molecule has 2 aromatic carbocycles. The van der Waals surface area contributed by atoms with E-state index in [0.29, 0.717) is 16.4 Å². The predicted octanol–water partition coefficient (Wildman–Crippen LogP) is 3.47. The highest BCUT2D eigenvalue weighted by molar-refractivity contribution is 6.31. The van der Waals surface area contributed by atoms with Crippen molar-refractivity contribution in [2.24, 2.45) is 0 Å². The maximum atomic E-state index is 12.8. The van der Waals surface area contributed by atoms with E-state index in [4.69, 9.17) is 11.6 Å². The van der Waals surface area contributed by atoms with Crippen LogP contribution in [0.4, 0.5) is 17.1 Å². The number of hydrogen-bond donors (Lipinski definition) is 2. The number of carbonyl (C=O) groups excluding carboxylic acids is 2. The Bertz CT molecular complexity index is 805. The van der Waals surface area contributed by atoms with E-state index in [1.807, 2.05) is 43.3 Å². The number of carbonyl (C=O) groups is 2. The Morgan fingerprint density at radius 3 is 2.75 bits per heavy atom. The van der Waals surface area contributed by atoms with Crippen LogP contribution in [0.2, 0.25) is 5.02 Å². The largest absolute Gasteiger partial charge is 0.376 e. The molecule has 1 aliphatic heterocycles. The number of para-hydroxylation sites is 1. The third kappa shape index (κ3) is 3.21. The summed E-state index contributed by atoms with van der Waals surface area (Å²) in [5.74, 6) is -0.903. The molecule has 0 bridgehead atoms. The Kier molecular flexibility index (Phi) is 4.44. The smallest absolute Gasteiger partial charge is 0.232 e. The minimum atomic E-state index is -0.524. The molecule has 2 aromatic rings. The van der Waals surface area contributed by atoms with Gasteiger partial charge in [-0.15, -0.1) is 0 Å². The van der Waals surface area contributed by atoms with Gasteiger partial charge in [-0.2, -0.15) is 0 Å². The van der Waals surface area contributed by atoms with Gasteiger partial charge in [0.15, 0.2) is 0 Å². The molecule has 24 heavy (non-hydrogen) atoms. The van der Waals surface area contributed by atoms with E-state index in [-0.39, 0.29) is 18.2 Å². The third-order valence-electron chi connectivity index (χ3n) is 4.01. The molecule has 0 radical (unpaired) electrons. The monoisotopic (exact) mass is 343 g/mol. The number of fused-ring (bicyclic) bond motifs is 1. The third-order valence-corrected chi connectivity index (χ3v) is 4.25. The van der Waals surface area contributed by atoms with Crippen LogP contribution in [0.15, 0.2) is 42.5 Å². The molecule has 5 nitrogen and oxygen atoms in total. The molecular weight excluding hydrogens is 326 g/mol. The number of halogens is 1. The molecule has 0 spiro atoms. The molecule has 124 valence electrons. The molecule has 1 atom stereocenters. The van der Waals surface area contributed by atoms with E-state index in [1.54, 1.807) is 18.2 Å². The first-order valence-corrected chi connectivity index (χ1v) is 8.00. The number of rotatable bonds is 3. The molecule has 3 rings (SSSR count). The van der Waals surface area contributed by atoms with Gasteiger partial charge in [0, 0.05) is 31.2 Å². The molecule has 1 heterocycles. The Morgan fingerprint density at radius 1 is 1.25 bits per heavy atom. The Hall–Kier alpha value is -2.53. The normalized spacial score (nSPS) is 16.1. The number of nitrogens with one attached hydrogen (secondary N) is 2. The van der Waals surface area contributed by atoms with Gasteiger partial charge in [-0.05, 0) is 29.8 Å². The number of amides is 2. The van der Waals surface area contributed by atoms with E-state index in [1.165, 1.54) is 0 Å². The van der Waals surface area contributed by atoms with E-state index in [2.05, 4.69) is 10.6 Å². The molecule has 2 amide bonds. The van der Waals surface area contributed by atoms with Crippen LogP contribution in [0.25, 0.3) is 0 Å². The van der Waals surface area contributed by atoms with Crippen molar-refractivity contribution in [3.63, 3.8) is 0 Å². The lowest BCUT2D eigenvalue weighted by molar-refractivity contribution is -0.123. The van der Waals surface area contributed by atoms with Crippen molar-refractivity contribution in [2.45, 2.75) is 12.3 Å². The lowest BCUT2D eigenvalue weighted by atomic mass is 9.89. The first-order chi connectivity index (χ1) is 11.5. The summed E-state index contributed by atoms with van der Waals surface area (Å²) in [5.41, 5.74) is 2.98. The summed E-state index contributed by atoms with van der Waals surface area (Å²) in [4.78, 5) is 26.6. The second kappa shape index (κ2) is 6.53. The van der Waals surface area contributed by atoms with Gasteiger partial charge in [0.2, 0.25) is 11.8 Å². The Balaban J connectivity index is 1.91. The number of benzene rings is 2. The van der Waals surface area contributed by atoms with Gasteiger partial charge >= 0.3 is 0 Å². The zero-order valence-electron chi connectivity index (χ0n) is 13.5. The maximum absolute atomic E-state index is 12.8. The van der Waals surface area contributed by atoms with E-state index < -0.39 is 5.92 Å². The topological polar surface area (TPSA) is 61.4 Å². The van der Waals surface area contributed by atoms with Gasteiger partial charge in [0.05, 0.1) is 17.3 Å². The molecular formula is C18H18ClN3O2. The average molecular weight is 344 g/mol. The van der Waals surface area contributed by atoms with Gasteiger partial charge < -0.3 is 15.5 Å². The Morgan fingerprint density at radius 2 is 2.00 bits per heavy atom. The van der Waals surface area contributed by atoms with Crippen LogP contribution in [-0.4, -0.2) is 25.9 Å². The number of hydrogen-bond acceptors (Lipinski definition) is 3. The van der Waals surface area contributed by atoms with Crippen molar-refractivity contribution in [1.29, 1.82) is 0 Å². The van der Waals surface area contributed by atoms with Crippen molar-refractivity contribution < 1.29 is 9.59 Å². The molecule has 1 aliphatic rings. The van der Waals surface area contributed by atoms with E-state index in [0.717, 1.165) is 11.3 Å². The van der Waals surface area contributed by atoms with Gasteiger partial charge in [-0.3, -0.25) is 9.59 Å². The molecule has 0 fully saturated rings. The van der Waals surface area contributed by atoms with Crippen LogP contribution in [0.3, 0.4) is 0 Å². The average Bonchev–Trinajstić information content (AvgIpc) is 2.53. The van der Waals surface area contributed by atoms with Crippen molar-refractivity contribution >= 4 is 40.5 Å². The van der Waals surface area contributed by atoms with Crippen LogP contribution < -0.4 is 15.5 Å². The second-order valence-electron chi connectivity index (χ2n) is 5.94. The summed E-state index contributed by atoms with van der Waals surface area (Å²) in [6.45, 7) is 0. The molecule has 0 aliphatic carbocycles. The van der Waals surface area contributed by atoms with Crippen molar-refractivity contribution in [2.75, 3.05) is 29.6 Å². The standard InChI is InChI=1S/C18H18ClN3O2/c1-22(2)16-8-7-11(19)9-15(16)21-18(24)13-10-17(23)20-14-6-4-3-5-12(13)14/h3-9,13H,10H2,1-2H3,(H,20,23)(H,21,24). The second-order valence-corrected chi connectivity index (χ2v) is 6.37. The van der Waals surface area contributed by atoms with Gasteiger partial charge in [0.25, 0.3) is 0 Å². The van der Waals surface area contributed by atoms with Crippen molar-refractivity contribution in [1.82, 2.24) is 0 Å². The minimum Gasteiger partial charge on any atom is -0.376 e. The van der Waals surface area contributed by atoms with E-state index >= 15 is 0 Å². The molecule has 6 heteroatoms. The van der Waals surface area contributed by atoms with Crippen LogP contribution in [0.1, 0.15) is 17.9 Å². The maximum Gasteiger partial charge on any atom is 0.232 e.